The fraction of sp³-hybridized carbons (Fsp3) is 0.600. The van der Waals surface area contributed by atoms with Crippen molar-refractivity contribution in [2.24, 2.45) is 10.7 Å². The zero-order valence-corrected chi connectivity index (χ0v) is 13.6. The Labute approximate surface area is 142 Å². The molecule has 0 unspecified atom stereocenters. The Morgan fingerprint density at radius 2 is 2.12 bits per heavy atom. The summed E-state index contributed by atoms with van der Waals surface area (Å²) in [5.41, 5.74) is 4.68. The fourth-order valence-corrected chi connectivity index (χ4v) is 3.11. The normalized spacial score (nSPS) is 22.4. The van der Waals surface area contributed by atoms with Crippen LogP contribution in [0.1, 0.15) is 19.3 Å². The minimum Gasteiger partial charge on any atom is -0.388 e. The quantitative estimate of drug-likeness (QED) is 0.781. The smallest absolute Gasteiger partial charge is 0.388 e. The lowest BCUT2D eigenvalue weighted by atomic mass is 9.88. The summed E-state index contributed by atoms with van der Waals surface area (Å²) < 4.78 is 38.0. The summed E-state index contributed by atoms with van der Waals surface area (Å²) in [6, 6.07) is 0. The Hall–Kier alpha value is -2.39. The average Bonchev–Trinajstić information content (AvgIpc) is 2.93. The lowest BCUT2D eigenvalue weighted by molar-refractivity contribution is -0.136. The van der Waals surface area contributed by atoms with E-state index in [1.165, 1.54) is 0 Å². The van der Waals surface area contributed by atoms with Crippen LogP contribution >= 0.6 is 0 Å². The van der Waals surface area contributed by atoms with Crippen molar-refractivity contribution in [2.45, 2.75) is 31.0 Å². The van der Waals surface area contributed by atoms with Gasteiger partial charge < -0.3 is 20.8 Å². The van der Waals surface area contributed by atoms with E-state index in [9.17, 15) is 18.0 Å². The van der Waals surface area contributed by atoms with Crippen molar-refractivity contribution < 1.29 is 22.8 Å². The molecule has 3 aliphatic heterocycles. The van der Waals surface area contributed by atoms with Crippen LogP contribution in [0.4, 0.5) is 13.2 Å². The first-order chi connectivity index (χ1) is 11.8. The standard InChI is InChI=1S/C15H20F3N5O2/c16-15(17,18)11-2-8-25-23(9-11)5-1-12(24)22-6-3-14(4-7-22)10-20-13(19)21-14/h2,8-9H,1,3-7,10H2,(H3,19,20,21). The van der Waals surface area contributed by atoms with Crippen LogP contribution in [0.2, 0.25) is 0 Å². The summed E-state index contributed by atoms with van der Waals surface area (Å²) in [7, 11) is 0. The molecule has 3 rings (SSSR count). The van der Waals surface area contributed by atoms with Crippen molar-refractivity contribution in [3.63, 3.8) is 0 Å². The number of likely N-dealkylation sites (tertiary alicyclic amines) is 1. The van der Waals surface area contributed by atoms with Gasteiger partial charge in [0.25, 0.3) is 0 Å². The number of hydrogen-bond acceptors (Lipinski definition) is 6. The molecule has 3 heterocycles. The van der Waals surface area contributed by atoms with Crippen LogP contribution < -0.4 is 11.1 Å². The van der Waals surface area contributed by atoms with E-state index in [-0.39, 0.29) is 24.4 Å². The first kappa shape index (κ1) is 17.4. The van der Waals surface area contributed by atoms with Crippen molar-refractivity contribution in [3.05, 3.63) is 24.1 Å². The molecule has 0 aromatic carbocycles. The van der Waals surface area contributed by atoms with Crippen LogP contribution in [0.25, 0.3) is 0 Å². The van der Waals surface area contributed by atoms with Crippen molar-refractivity contribution in [3.8, 4) is 0 Å². The Bertz CT molecular complexity index is 621. The maximum Gasteiger partial charge on any atom is 0.418 e. The number of nitrogens with one attached hydrogen (secondary N) is 1. The van der Waals surface area contributed by atoms with Gasteiger partial charge in [0, 0.05) is 19.5 Å². The predicted octanol–water partition coefficient (Wildman–Crippen LogP) is 0.863. The minimum atomic E-state index is -4.44. The number of carbonyl (C=O) groups is 1. The van der Waals surface area contributed by atoms with Gasteiger partial charge in [-0.1, -0.05) is 0 Å². The highest BCUT2D eigenvalue weighted by Gasteiger charge is 2.39. The first-order valence-corrected chi connectivity index (χ1v) is 8.02. The maximum absolute atomic E-state index is 12.7. The molecule has 25 heavy (non-hydrogen) atoms. The van der Waals surface area contributed by atoms with Crippen molar-refractivity contribution in [1.82, 2.24) is 15.3 Å². The number of carbonyl (C=O) groups excluding carboxylic acids is 1. The van der Waals surface area contributed by atoms with Gasteiger partial charge in [-0.05, 0) is 18.9 Å². The van der Waals surface area contributed by atoms with E-state index in [1.807, 2.05) is 0 Å². The summed E-state index contributed by atoms with van der Waals surface area (Å²) in [5.74, 6) is 0.323. The van der Waals surface area contributed by atoms with Gasteiger partial charge in [0.2, 0.25) is 5.91 Å². The van der Waals surface area contributed by atoms with Gasteiger partial charge in [-0.2, -0.15) is 13.2 Å². The van der Waals surface area contributed by atoms with Gasteiger partial charge in [0.1, 0.15) is 6.26 Å². The Morgan fingerprint density at radius 3 is 2.72 bits per heavy atom. The molecule has 10 heteroatoms. The molecule has 7 nitrogen and oxygen atoms in total. The molecule has 138 valence electrons. The number of hydrogen-bond donors (Lipinski definition) is 2. The number of hydroxylamine groups is 2. The van der Waals surface area contributed by atoms with Crippen LogP contribution in [0, 0.1) is 0 Å². The van der Waals surface area contributed by atoms with E-state index >= 15 is 0 Å². The Kier molecular flexibility index (Phi) is 4.53. The van der Waals surface area contributed by atoms with Crippen LogP contribution in [0.3, 0.4) is 0 Å². The SMILES string of the molecule is NC1=NCC2(CCN(C(=O)CCN3C=C(C(F)(F)F)C=CO3)CC2)N1. The lowest BCUT2D eigenvalue weighted by Gasteiger charge is -2.39. The van der Waals surface area contributed by atoms with E-state index in [4.69, 9.17) is 10.6 Å². The number of rotatable bonds is 3. The van der Waals surface area contributed by atoms with Crippen molar-refractivity contribution >= 4 is 11.9 Å². The second kappa shape index (κ2) is 6.49. The molecule has 0 saturated carbocycles. The molecule has 0 atom stereocenters. The molecular formula is C15H20F3N5O2. The van der Waals surface area contributed by atoms with Crippen molar-refractivity contribution in [2.75, 3.05) is 26.2 Å². The number of amides is 1. The van der Waals surface area contributed by atoms with Crippen LogP contribution in [0.5, 0.6) is 0 Å². The van der Waals surface area contributed by atoms with E-state index in [2.05, 4.69) is 10.3 Å². The van der Waals surface area contributed by atoms with Gasteiger partial charge in [-0.15, -0.1) is 0 Å². The minimum absolute atomic E-state index is 0.0543. The number of alkyl halides is 3. The van der Waals surface area contributed by atoms with Crippen LogP contribution in [0.15, 0.2) is 29.1 Å². The number of aliphatic imine (C=N–C) groups is 1. The topological polar surface area (TPSA) is 83.2 Å². The van der Waals surface area contributed by atoms with E-state index in [1.54, 1.807) is 4.90 Å². The number of allylic oxidation sites excluding steroid dienone is 2. The highest BCUT2D eigenvalue weighted by molar-refractivity contribution is 5.81. The summed E-state index contributed by atoms with van der Waals surface area (Å²) in [6.07, 6.45) is -0.204. The van der Waals surface area contributed by atoms with Gasteiger partial charge in [0.15, 0.2) is 5.96 Å². The van der Waals surface area contributed by atoms with Crippen molar-refractivity contribution in [1.29, 1.82) is 0 Å². The molecule has 1 spiro atoms. The largest absolute Gasteiger partial charge is 0.418 e. The molecular weight excluding hydrogens is 339 g/mol. The Morgan fingerprint density at radius 1 is 1.40 bits per heavy atom. The summed E-state index contributed by atoms with van der Waals surface area (Å²) >= 11 is 0. The number of halogens is 3. The summed E-state index contributed by atoms with van der Waals surface area (Å²) in [6.45, 7) is 1.80. The number of nitrogens with two attached hydrogens (primary N) is 1. The van der Waals surface area contributed by atoms with Gasteiger partial charge >= 0.3 is 6.18 Å². The third kappa shape index (κ3) is 3.99. The van der Waals surface area contributed by atoms with Crippen LogP contribution in [-0.4, -0.2) is 59.7 Å². The molecule has 1 fully saturated rings. The molecule has 3 aliphatic rings. The fourth-order valence-electron chi connectivity index (χ4n) is 3.11. The molecule has 1 amide bonds. The molecule has 0 bridgehead atoms. The van der Waals surface area contributed by atoms with Crippen LogP contribution in [-0.2, 0) is 9.63 Å². The summed E-state index contributed by atoms with van der Waals surface area (Å²) in [5, 5.41) is 4.20. The van der Waals surface area contributed by atoms with E-state index in [0.717, 1.165) is 36.4 Å². The first-order valence-electron chi connectivity index (χ1n) is 8.02. The number of guanidine groups is 1. The number of piperidine rings is 1. The molecule has 3 N–H and O–H groups in total. The molecule has 1 saturated heterocycles. The second-order valence-corrected chi connectivity index (χ2v) is 6.37. The predicted molar refractivity (Wildman–Crippen MR) is 83.9 cm³/mol. The lowest BCUT2D eigenvalue weighted by Crippen LogP contribution is -2.55. The molecule has 0 aromatic heterocycles. The molecule has 0 aliphatic carbocycles. The monoisotopic (exact) mass is 359 g/mol. The van der Waals surface area contributed by atoms with Gasteiger partial charge in [-0.25, -0.2) is 5.06 Å². The number of nitrogens with zero attached hydrogens (tertiary/aromatic N) is 3. The van der Waals surface area contributed by atoms with E-state index < -0.39 is 11.7 Å². The second-order valence-electron chi connectivity index (χ2n) is 6.37. The van der Waals surface area contributed by atoms with E-state index in [0.29, 0.717) is 25.6 Å². The zero-order valence-electron chi connectivity index (χ0n) is 13.6. The molecule has 0 aromatic rings. The van der Waals surface area contributed by atoms with Gasteiger partial charge in [0.05, 0.1) is 30.4 Å². The maximum atomic E-state index is 12.7. The van der Waals surface area contributed by atoms with Gasteiger partial charge in [-0.3, -0.25) is 9.79 Å². The Balaban J connectivity index is 1.46. The summed E-state index contributed by atoms with van der Waals surface area (Å²) in [4.78, 5) is 23.2. The highest BCUT2D eigenvalue weighted by Crippen LogP contribution is 2.29. The molecule has 0 radical (unpaired) electrons. The third-order valence-electron chi connectivity index (χ3n) is 4.62. The third-order valence-corrected chi connectivity index (χ3v) is 4.62. The zero-order chi connectivity index (χ0) is 18.1. The average molecular weight is 359 g/mol. The highest BCUT2D eigenvalue weighted by atomic mass is 19.4.